The Kier molecular flexibility index (Phi) is 5.05. The molecule has 88 valence electrons. The number of ether oxygens (including phenoxy) is 1. The molecule has 0 amide bonds. The summed E-state index contributed by atoms with van der Waals surface area (Å²) in [5.74, 6) is -0.127. The summed E-state index contributed by atoms with van der Waals surface area (Å²) in [4.78, 5) is 13.6. The highest BCUT2D eigenvalue weighted by Crippen LogP contribution is 2.08. The fourth-order valence-electron chi connectivity index (χ4n) is 2.01. The van der Waals surface area contributed by atoms with E-state index in [9.17, 15) is 4.79 Å². The zero-order valence-electron chi connectivity index (χ0n) is 9.95. The van der Waals surface area contributed by atoms with Gasteiger partial charge in [-0.25, -0.2) is 0 Å². The van der Waals surface area contributed by atoms with E-state index in [2.05, 4.69) is 24.1 Å². The van der Waals surface area contributed by atoms with E-state index in [0.29, 0.717) is 12.5 Å². The number of carbonyl (C=O) groups is 1. The molecule has 0 aromatic carbocycles. The van der Waals surface area contributed by atoms with E-state index in [1.165, 1.54) is 7.11 Å². The van der Waals surface area contributed by atoms with Crippen molar-refractivity contribution in [1.29, 1.82) is 0 Å². The number of likely N-dealkylation sites (N-methyl/N-ethyl adjacent to an activating group) is 1. The van der Waals surface area contributed by atoms with Gasteiger partial charge in [-0.05, 0) is 26.4 Å². The molecule has 0 saturated carbocycles. The Morgan fingerprint density at radius 1 is 1.60 bits per heavy atom. The number of nitrogens with one attached hydrogen (secondary N) is 1. The summed E-state index contributed by atoms with van der Waals surface area (Å²) in [7, 11) is 1.44. The number of hydrogen-bond donors (Lipinski definition) is 1. The van der Waals surface area contributed by atoms with Gasteiger partial charge >= 0.3 is 5.97 Å². The van der Waals surface area contributed by atoms with Crippen LogP contribution in [0.3, 0.4) is 0 Å². The second-order valence-corrected chi connectivity index (χ2v) is 4.23. The van der Waals surface area contributed by atoms with Gasteiger partial charge in [-0.15, -0.1) is 0 Å². The predicted octanol–water partition coefficient (Wildman–Crippen LogP) is 0.622. The Bertz CT molecular complexity index is 209. The van der Waals surface area contributed by atoms with Crippen molar-refractivity contribution >= 4 is 5.97 Å². The lowest BCUT2D eigenvalue weighted by Gasteiger charge is -2.22. The van der Waals surface area contributed by atoms with Crippen LogP contribution in [0.25, 0.3) is 0 Å². The fourth-order valence-corrected chi connectivity index (χ4v) is 2.01. The van der Waals surface area contributed by atoms with Crippen molar-refractivity contribution in [2.24, 2.45) is 0 Å². The molecule has 1 aliphatic rings. The molecule has 1 aliphatic heterocycles. The fraction of sp³-hybridized carbons (Fsp3) is 0.909. The maximum atomic E-state index is 11.2. The average molecular weight is 214 g/mol. The summed E-state index contributed by atoms with van der Waals surface area (Å²) in [6, 6.07) is 0.714. The molecule has 1 N–H and O–H groups in total. The Hall–Kier alpha value is -0.610. The highest BCUT2D eigenvalue weighted by atomic mass is 16.5. The van der Waals surface area contributed by atoms with Crippen LogP contribution in [0.4, 0.5) is 0 Å². The SMILES string of the molecule is CCN1CCC(C)NC(CC(=O)OC)C1. The molecular weight excluding hydrogens is 192 g/mol. The van der Waals surface area contributed by atoms with Crippen LogP contribution < -0.4 is 5.32 Å². The van der Waals surface area contributed by atoms with Crippen LogP contribution in [-0.4, -0.2) is 49.7 Å². The van der Waals surface area contributed by atoms with Crippen molar-refractivity contribution in [1.82, 2.24) is 10.2 Å². The van der Waals surface area contributed by atoms with Crippen molar-refractivity contribution < 1.29 is 9.53 Å². The number of carbonyl (C=O) groups excluding carboxylic acids is 1. The van der Waals surface area contributed by atoms with Gasteiger partial charge in [-0.1, -0.05) is 6.92 Å². The quantitative estimate of drug-likeness (QED) is 0.699. The molecule has 0 bridgehead atoms. The third kappa shape index (κ3) is 4.18. The van der Waals surface area contributed by atoms with Gasteiger partial charge < -0.3 is 15.0 Å². The van der Waals surface area contributed by atoms with Gasteiger partial charge in [0, 0.05) is 18.6 Å². The summed E-state index contributed by atoms with van der Waals surface area (Å²) < 4.78 is 4.70. The molecule has 4 nitrogen and oxygen atoms in total. The first-order valence-electron chi connectivity index (χ1n) is 5.71. The molecule has 2 unspecified atom stereocenters. The van der Waals surface area contributed by atoms with Gasteiger partial charge in [0.1, 0.15) is 0 Å². The molecule has 1 rings (SSSR count). The lowest BCUT2D eigenvalue weighted by Crippen LogP contribution is -2.41. The predicted molar refractivity (Wildman–Crippen MR) is 59.7 cm³/mol. The van der Waals surface area contributed by atoms with Crippen molar-refractivity contribution in [3.05, 3.63) is 0 Å². The van der Waals surface area contributed by atoms with Crippen LogP contribution in [0.5, 0.6) is 0 Å². The molecular formula is C11H22N2O2. The standard InChI is InChI=1S/C11H22N2O2/c1-4-13-6-5-9(2)12-10(8-13)7-11(14)15-3/h9-10,12H,4-8H2,1-3H3. The number of methoxy groups -OCH3 is 1. The van der Waals surface area contributed by atoms with Crippen molar-refractivity contribution in [2.45, 2.75) is 38.8 Å². The molecule has 0 aliphatic carbocycles. The zero-order chi connectivity index (χ0) is 11.3. The van der Waals surface area contributed by atoms with E-state index in [0.717, 1.165) is 26.1 Å². The normalized spacial score (nSPS) is 28.5. The Labute approximate surface area is 92.0 Å². The second kappa shape index (κ2) is 6.08. The lowest BCUT2D eigenvalue weighted by atomic mass is 10.2. The molecule has 2 atom stereocenters. The average Bonchev–Trinajstić information content (AvgIpc) is 2.39. The Morgan fingerprint density at radius 2 is 2.33 bits per heavy atom. The summed E-state index contributed by atoms with van der Waals surface area (Å²) in [6.07, 6.45) is 1.61. The number of nitrogens with zero attached hydrogens (tertiary/aromatic N) is 1. The molecule has 1 saturated heterocycles. The van der Waals surface area contributed by atoms with E-state index < -0.39 is 0 Å². The third-order valence-corrected chi connectivity index (χ3v) is 2.97. The minimum Gasteiger partial charge on any atom is -0.469 e. The first-order chi connectivity index (χ1) is 7.15. The minimum atomic E-state index is -0.127. The highest BCUT2D eigenvalue weighted by Gasteiger charge is 2.22. The van der Waals surface area contributed by atoms with Crippen molar-refractivity contribution in [2.75, 3.05) is 26.7 Å². The minimum absolute atomic E-state index is 0.127. The molecule has 1 fully saturated rings. The van der Waals surface area contributed by atoms with Gasteiger partial charge in [0.2, 0.25) is 0 Å². The molecule has 0 aromatic heterocycles. The summed E-state index contributed by atoms with van der Waals surface area (Å²) >= 11 is 0. The molecule has 4 heteroatoms. The number of esters is 1. The Balaban J connectivity index is 2.49. The maximum absolute atomic E-state index is 11.2. The second-order valence-electron chi connectivity index (χ2n) is 4.23. The van der Waals surface area contributed by atoms with Gasteiger partial charge in [0.05, 0.1) is 13.5 Å². The van der Waals surface area contributed by atoms with Crippen LogP contribution in [0.2, 0.25) is 0 Å². The van der Waals surface area contributed by atoms with Crippen LogP contribution in [0, 0.1) is 0 Å². The topological polar surface area (TPSA) is 41.6 Å². The lowest BCUT2D eigenvalue weighted by molar-refractivity contribution is -0.141. The molecule has 0 spiro atoms. The monoisotopic (exact) mass is 214 g/mol. The van der Waals surface area contributed by atoms with E-state index in [1.54, 1.807) is 0 Å². The van der Waals surface area contributed by atoms with Crippen LogP contribution in [-0.2, 0) is 9.53 Å². The van der Waals surface area contributed by atoms with Gasteiger partial charge in [0.15, 0.2) is 0 Å². The van der Waals surface area contributed by atoms with E-state index in [-0.39, 0.29) is 12.0 Å². The van der Waals surface area contributed by atoms with E-state index in [1.807, 2.05) is 0 Å². The van der Waals surface area contributed by atoms with Crippen molar-refractivity contribution in [3.63, 3.8) is 0 Å². The largest absolute Gasteiger partial charge is 0.469 e. The van der Waals surface area contributed by atoms with Gasteiger partial charge in [-0.3, -0.25) is 4.79 Å². The smallest absolute Gasteiger partial charge is 0.307 e. The molecule has 1 heterocycles. The first kappa shape index (κ1) is 12.5. The first-order valence-corrected chi connectivity index (χ1v) is 5.71. The van der Waals surface area contributed by atoms with E-state index >= 15 is 0 Å². The summed E-state index contributed by atoms with van der Waals surface area (Å²) in [5.41, 5.74) is 0. The van der Waals surface area contributed by atoms with Gasteiger partial charge in [-0.2, -0.15) is 0 Å². The number of rotatable bonds is 3. The summed E-state index contributed by atoms with van der Waals surface area (Å²) in [6.45, 7) is 7.43. The van der Waals surface area contributed by atoms with Gasteiger partial charge in [0.25, 0.3) is 0 Å². The van der Waals surface area contributed by atoms with Crippen LogP contribution >= 0.6 is 0 Å². The maximum Gasteiger partial charge on any atom is 0.307 e. The van der Waals surface area contributed by atoms with Crippen LogP contribution in [0.15, 0.2) is 0 Å². The highest BCUT2D eigenvalue weighted by molar-refractivity contribution is 5.69. The molecule has 0 aromatic rings. The molecule has 15 heavy (non-hydrogen) atoms. The molecule has 0 radical (unpaired) electrons. The van der Waals surface area contributed by atoms with Crippen molar-refractivity contribution in [3.8, 4) is 0 Å². The third-order valence-electron chi connectivity index (χ3n) is 2.97. The van der Waals surface area contributed by atoms with E-state index in [4.69, 9.17) is 4.74 Å². The number of hydrogen-bond acceptors (Lipinski definition) is 4. The Morgan fingerprint density at radius 3 is 2.93 bits per heavy atom. The zero-order valence-corrected chi connectivity index (χ0v) is 9.95. The summed E-state index contributed by atoms with van der Waals surface area (Å²) in [5, 5.41) is 3.47. The van der Waals surface area contributed by atoms with Crippen LogP contribution in [0.1, 0.15) is 26.7 Å².